The molecule has 0 bridgehead atoms. The quantitative estimate of drug-likeness (QED) is 0.863. The summed E-state index contributed by atoms with van der Waals surface area (Å²) in [5.74, 6) is -1.33. The van der Waals surface area contributed by atoms with Gasteiger partial charge >= 0.3 is 5.97 Å². The predicted molar refractivity (Wildman–Crippen MR) is 83.7 cm³/mol. The number of hydrogen-bond donors (Lipinski definition) is 1. The monoisotopic (exact) mass is 327 g/mol. The Morgan fingerprint density at radius 1 is 1.43 bits per heavy atom. The Labute approximate surface area is 133 Å². The van der Waals surface area contributed by atoms with Gasteiger partial charge in [0, 0.05) is 17.5 Å². The summed E-state index contributed by atoms with van der Waals surface area (Å²) in [4.78, 5) is 26.2. The third kappa shape index (κ3) is 3.52. The summed E-state index contributed by atoms with van der Waals surface area (Å²) in [6.07, 6.45) is 0.520. The molecular weight excluding hydrogens is 310 g/mol. The Bertz CT molecular complexity index is 551. The first-order chi connectivity index (χ1) is 9.91. The number of carboxylic acids is 1. The molecule has 1 saturated heterocycles. The van der Waals surface area contributed by atoms with Crippen LogP contribution >= 0.6 is 23.4 Å². The van der Waals surface area contributed by atoms with Crippen molar-refractivity contribution in [2.24, 2.45) is 5.92 Å². The molecule has 0 aromatic heterocycles. The smallest absolute Gasteiger partial charge is 0.308 e. The van der Waals surface area contributed by atoms with Gasteiger partial charge in [-0.05, 0) is 32.4 Å². The largest absolute Gasteiger partial charge is 0.481 e. The minimum absolute atomic E-state index is 0.0313. The van der Waals surface area contributed by atoms with E-state index < -0.39 is 11.9 Å². The molecule has 0 aliphatic carbocycles. The van der Waals surface area contributed by atoms with Crippen LogP contribution in [0.3, 0.4) is 0 Å². The number of carbonyl (C=O) groups is 2. The van der Waals surface area contributed by atoms with Gasteiger partial charge in [0.15, 0.2) is 0 Å². The van der Waals surface area contributed by atoms with Crippen molar-refractivity contribution in [3.05, 3.63) is 29.3 Å². The van der Waals surface area contributed by atoms with Crippen LogP contribution in [0.1, 0.15) is 20.3 Å². The maximum atomic E-state index is 12.5. The highest BCUT2D eigenvalue weighted by Gasteiger charge is 2.39. The summed E-state index contributed by atoms with van der Waals surface area (Å²) in [5, 5.41) is 9.47. The maximum absolute atomic E-state index is 12.5. The number of amides is 1. The molecule has 6 heteroatoms. The molecule has 0 spiro atoms. The third-order valence-corrected chi connectivity index (χ3v) is 5.45. The fraction of sp³-hybridized carbons (Fsp3) is 0.467. The van der Waals surface area contributed by atoms with Gasteiger partial charge in [-0.1, -0.05) is 23.7 Å². The van der Waals surface area contributed by atoms with Crippen molar-refractivity contribution < 1.29 is 14.7 Å². The summed E-state index contributed by atoms with van der Waals surface area (Å²) in [5.41, 5.74) is 0. The lowest BCUT2D eigenvalue weighted by atomic mass is 10.0. The van der Waals surface area contributed by atoms with E-state index in [1.165, 1.54) is 11.8 Å². The normalized spacial score (nSPS) is 23.1. The van der Waals surface area contributed by atoms with Crippen molar-refractivity contribution in [3.8, 4) is 0 Å². The zero-order valence-electron chi connectivity index (χ0n) is 12.0. The van der Waals surface area contributed by atoms with E-state index in [4.69, 9.17) is 16.7 Å². The van der Waals surface area contributed by atoms with E-state index >= 15 is 0 Å². The van der Waals surface area contributed by atoms with E-state index in [1.54, 1.807) is 17.9 Å². The molecule has 0 radical (unpaired) electrons. The van der Waals surface area contributed by atoms with Gasteiger partial charge in [-0.3, -0.25) is 9.59 Å². The molecule has 1 N–H and O–H groups in total. The van der Waals surface area contributed by atoms with E-state index in [0.717, 1.165) is 4.90 Å². The first kappa shape index (κ1) is 16.2. The highest BCUT2D eigenvalue weighted by Crippen LogP contribution is 2.33. The molecule has 21 heavy (non-hydrogen) atoms. The number of aliphatic carboxylic acids is 1. The number of hydrogen-bond acceptors (Lipinski definition) is 3. The van der Waals surface area contributed by atoms with Crippen molar-refractivity contribution in [1.82, 2.24) is 4.90 Å². The van der Waals surface area contributed by atoms with Crippen LogP contribution < -0.4 is 0 Å². The average molecular weight is 328 g/mol. The fourth-order valence-electron chi connectivity index (χ4n) is 2.60. The number of thioether (sulfide) groups is 1. The minimum atomic E-state index is -0.829. The zero-order chi connectivity index (χ0) is 15.6. The topological polar surface area (TPSA) is 57.6 Å². The summed E-state index contributed by atoms with van der Waals surface area (Å²) in [6, 6.07) is 7.14. The van der Waals surface area contributed by atoms with Gasteiger partial charge in [0.25, 0.3) is 0 Å². The molecule has 1 aliphatic heterocycles. The number of nitrogens with zero attached hydrogens (tertiary/aromatic N) is 1. The van der Waals surface area contributed by atoms with Crippen LogP contribution in [0.5, 0.6) is 0 Å². The molecule has 1 fully saturated rings. The molecule has 1 aromatic carbocycles. The summed E-state index contributed by atoms with van der Waals surface area (Å²) >= 11 is 7.51. The van der Waals surface area contributed by atoms with Crippen LogP contribution in [-0.4, -0.2) is 39.7 Å². The van der Waals surface area contributed by atoms with E-state index in [2.05, 4.69) is 0 Å². The number of carbonyl (C=O) groups excluding carboxylic acids is 1. The van der Waals surface area contributed by atoms with Crippen LogP contribution in [0.2, 0.25) is 5.02 Å². The summed E-state index contributed by atoms with van der Waals surface area (Å²) < 4.78 is 0. The number of halogens is 1. The highest BCUT2D eigenvalue weighted by atomic mass is 35.5. The van der Waals surface area contributed by atoms with Crippen LogP contribution in [0, 0.1) is 5.92 Å². The van der Waals surface area contributed by atoms with E-state index in [1.807, 2.05) is 25.1 Å². The fourth-order valence-corrected chi connectivity index (χ4v) is 3.82. The molecule has 1 heterocycles. The van der Waals surface area contributed by atoms with Crippen molar-refractivity contribution in [3.63, 3.8) is 0 Å². The highest BCUT2D eigenvalue weighted by molar-refractivity contribution is 8.00. The minimum Gasteiger partial charge on any atom is -0.481 e. The maximum Gasteiger partial charge on any atom is 0.308 e. The molecule has 1 aliphatic rings. The van der Waals surface area contributed by atoms with Crippen molar-refractivity contribution in [2.45, 2.75) is 36.5 Å². The second kappa shape index (κ2) is 6.71. The van der Waals surface area contributed by atoms with Crippen LogP contribution in [0.4, 0.5) is 0 Å². The summed E-state index contributed by atoms with van der Waals surface area (Å²) in [6.45, 7) is 4.14. The third-order valence-electron chi connectivity index (χ3n) is 3.84. The molecule has 1 aromatic rings. The standard InChI is InChI=1S/C15H18ClNO3S/c1-9-11(15(19)20)7-8-17(9)14(18)10(2)21-13-6-4-3-5-12(13)16/h3-6,9-11H,7-8H2,1-2H3,(H,19,20). The summed E-state index contributed by atoms with van der Waals surface area (Å²) in [7, 11) is 0. The van der Waals surface area contributed by atoms with Crippen molar-refractivity contribution >= 4 is 35.2 Å². The molecule has 3 atom stereocenters. The molecule has 4 nitrogen and oxygen atoms in total. The van der Waals surface area contributed by atoms with E-state index in [0.29, 0.717) is 18.0 Å². The van der Waals surface area contributed by atoms with Crippen LogP contribution in [-0.2, 0) is 9.59 Å². The Kier molecular flexibility index (Phi) is 5.17. The van der Waals surface area contributed by atoms with Gasteiger partial charge in [-0.2, -0.15) is 0 Å². The van der Waals surface area contributed by atoms with Gasteiger partial charge in [-0.15, -0.1) is 11.8 Å². The molecule has 114 valence electrons. The van der Waals surface area contributed by atoms with Crippen molar-refractivity contribution in [1.29, 1.82) is 0 Å². The number of likely N-dealkylation sites (tertiary alicyclic amines) is 1. The number of rotatable bonds is 4. The Hall–Kier alpha value is -1.20. The lowest BCUT2D eigenvalue weighted by molar-refractivity contribution is -0.143. The van der Waals surface area contributed by atoms with Crippen LogP contribution in [0.15, 0.2) is 29.2 Å². The Morgan fingerprint density at radius 2 is 2.10 bits per heavy atom. The molecule has 3 unspecified atom stereocenters. The van der Waals surface area contributed by atoms with E-state index in [-0.39, 0.29) is 17.2 Å². The molecule has 0 saturated carbocycles. The lowest BCUT2D eigenvalue weighted by Crippen LogP contribution is -2.41. The second-order valence-corrected chi connectivity index (χ2v) is 6.99. The first-order valence-electron chi connectivity index (χ1n) is 6.86. The van der Waals surface area contributed by atoms with Crippen LogP contribution in [0.25, 0.3) is 0 Å². The Balaban J connectivity index is 2.03. The van der Waals surface area contributed by atoms with Crippen molar-refractivity contribution in [2.75, 3.05) is 6.54 Å². The molecular formula is C15H18ClNO3S. The van der Waals surface area contributed by atoms with Gasteiger partial charge in [0.05, 0.1) is 16.2 Å². The first-order valence-corrected chi connectivity index (χ1v) is 8.12. The lowest BCUT2D eigenvalue weighted by Gasteiger charge is -2.26. The molecule has 1 amide bonds. The van der Waals surface area contributed by atoms with Gasteiger partial charge in [0.2, 0.25) is 5.91 Å². The Morgan fingerprint density at radius 3 is 2.67 bits per heavy atom. The van der Waals surface area contributed by atoms with Gasteiger partial charge in [-0.25, -0.2) is 0 Å². The second-order valence-electron chi connectivity index (χ2n) is 5.20. The average Bonchev–Trinajstić information content (AvgIpc) is 2.82. The number of carboxylic acid groups (broad SMARTS) is 1. The SMILES string of the molecule is CC(Sc1ccccc1Cl)C(=O)N1CCC(C(=O)O)C1C. The van der Waals surface area contributed by atoms with Gasteiger partial charge < -0.3 is 10.0 Å². The van der Waals surface area contributed by atoms with Gasteiger partial charge in [0.1, 0.15) is 0 Å². The number of benzene rings is 1. The zero-order valence-corrected chi connectivity index (χ0v) is 13.5. The predicted octanol–water partition coefficient (Wildman–Crippen LogP) is 3.14. The van der Waals surface area contributed by atoms with E-state index in [9.17, 15) is 9.59 Å². The molecule has 2 rings (SSSR count).